The summed E-state index contributed by atoms with van der Waals surface area (Å²) in [6, 6.07) is 7.31. The third-order valence-electron chi connectivity index (χ3n) is 4.54. The van der Waals surface area contributed by atoms with Crippen molar-refractivity contribution in [2.45, 2.75) is 45.3 Å². The molecule has 3 rings (SSSR count). The number of fused-ring (bicyclic) bond motifs is 1. The molecule has 1 fully saturated rings. The van der Waals surface area contributed by atoms with Gasteiger partial charge in [0.2, 0.25) is 6.10 Å². The van der Waals surface area contributed by atoms with Crippen LogP contribution in [0, 0.1) is 5.92 Å². The van der Waals surface area contributed by atoms with Crippen LogP contribution in [0.15, 0.2) is 24.3 Å². The number of carbonyl (C=O) groups excluding carboxylic acids is 2. The number of hydrogen-bond donors (Lipinski definition) is 1. The van der Waals surface area contributed by atoms with E-state index in [4.69, 9.17) is 14.2 Å². The van der Waals surface area contributed by atoms with Crippen LogP contribution in [0.25, 0.3) is 0 Å². The molecule has 1 N–H and O–H groups in total. The first-order chi connectivity index (χ1) is 12.8. The van der Waals surface area contributed by atoms with Crippen LogP contribution in [0.1, 0.15) is 33.6 Å². The number of benzene rings is 1. The lowest BCUT2D eigenvalue weighted by Gasteiger charge is -2.34. The van der Waals surface area contributed by atoms with E-state index >= 15 is 0 Å². The molecule has 0 aliphatic carbocycles. The van der Waals surface area contributed by atoms with Crippen LogP contribution in [0.4, 0.5) is 4.79 Å². The zero-order chi connectivity index (χ0) is 19.4. The molecule has 0 spiro atoms. The molecule has 1 aromatic carbocycles. The quantitative estimate of drug-likeness (QED) is 0.877. The van der Waals surface area contributed by atoms with Crippen molar-refractivity contribution < 1.29 is 23.8 Å². The number of piperidine rings is 1. The number of rotatable bonds is 3. The summed E-state index contributed by atoms with van der Waals surface area (Å²) in [5, 5.41) is 2.94. The summed E-state index contributed by atoms with van der Waals surface area (Å²) < 4.78 is 16.8. The molecule has 27 heavy (non-hydrogen) atoms. The monoisotopic (exact) mass is 376 g/mol. The van der Waals surface area contributed by atoms with E-state index in [1.807, 2.05) is 39.0 Å². The lowest BCUT2D eigenvalue weighted by molar-refractivity contribution is -0.130. The molecule has 2 heterocycles. The van der Waals surface area contributed by atoms with Gasteiger partial charge in [0.25, 0.3) is 5.91 Å². The Morgan fingerprint density at radius 3 is 2.74 bits per heavy atom. The molecular formula is C20H28N2O5. The Bertz CT molecular complexity index is 685. The average Bonchev–Trinajstić information content (AvgIpc) is 2.64. The Labute approximate surface area is 160 Å². The molecule has 0 radical (unpaired) electrons. The highest BCUT2D eigenvalue weighted by Crippen LogP contribution is 2.30. The number of ether oxygens (including phenoxy) is 3. The van der Waals surface area contributed by atoms with E-state index in [1.165, 1.54) is 0 Å². The van der Waals surface area contributed by atoms with E-state index in [1.54, 1.807) is 11.0 Å². The Morgan fingerprint density at radius 1 is 1.26 bits per heavy atom. The third-order valence-corrected chi connectivity index (χ3v) is 4.54. The van der Waals surface area contributed by atoms with Crippen molar-refractivity contribution in [3.05, 3.63) is 24.3 Å². The van der Waals surface area contributed by atoms with E-state index in [9.17, 15) is 9.59 Å². The second-order valence-corrected chi connectivity index (χ2v) is 8.04. The lowest BCUT2D eigenvalue weighted by atomic mass is 9.98. The highest BCUT2D eigenvalue weighted by atomic mass is 16.6. The largest absolute Gasteiger partial charge is 0.485 e. The molecule has 7 nitrogen and oxygen atoms in total. The van der Waals surface area contributed by atoms with E-state index in [-0.39, 0.29) is 24.5 Å². The summed E-state index contributed by atoms with van der Waals surface area (Å²) in [5.41, 5.74) is -0.507. The van der Waals surface area contributed by atoms with Crippen molar-refractivity contribution in [1.82, 2.24) is 10.2 Å². The van der Waals surface area contributed by atoms with Gasteiger partial charge in [0, 0.05) is 19.6 Å². The van der Waals surface area contributed by atoms with Gasteiger partial charge >= 0.3 is 6.09 Å². The Hall–Kier alpha value is -2.44. The van der Waals surface area contributed by atoms with Gasteiger partial charge in [-0.3, -0.25) is 4.79 Å². The van der Waals surface area contributed by atoms with Crippen LogP contribution in [0.5, 0.6) is 11.5 Å². The summed E-state index contributed by atoms with van der Waals surface area (Å²) >= 11 is 0. The lowest BCUT2D eigenvalue weighted by Crippen LogP contribution is -2.48. The van der Waals surface area contributed by atoms with Gasteiger partial charge in [0.15, 0.2) is 11.5 Å². The van der Waals surface area contributed by atoms with Crippen molar-refractivity contribution in [3.8, 4) is 11.5 Å². The van der Waals surface area contributed by atoms with E-state index in [2.05, 4.69) is 5.32 Å². The van der Waals surface area contributed by atoms with Crippen LogP contribution in [-0.2, 0) is 9.53 Å². The minimum Gasteiger partial charge on any atom is -0.485 e. The molecule has 0 saturated carbocycles. The van der Waals surface area contributed by atoms with Crippen LogP contribution in [0.3, 0.4) is 0 Å². The topological polar surface area (TPSA) is 77.1 Å². The van der Waals surface area contributed by atoms with Gasteiger partial charge in [-0.15, -0.1) is 0 Å². The van der Waals surface area contributed by atoms with Gasteiger partial charge < -0.3 is 24.4 Å². The third kappa shape index (κ3) is 5.28. The molecule has 0 aromatic heterocycles. The van der Waals surface area contributed by atoms with Gasteiger partial charge in [-0.1, -0.05) is 12.1 Å². The zero-order valence-corrected chi connectivity index (χ0v) is 16.2. The van der Waals surface area contributed by atoms with Crippen molar-refractivity contribution in [2.24, 2.45) is 5.92 Å². The van der Waals surface area contributed by atoms with Crippen molar-refractivity contribution >= 4 is 12.0 Å². The average molecular weight is 376 g/mol. The second-order valence-electron chi connectivity index (χ2n) is 8.04. The van der Waals surface area contributed by atoms with Crippen LogP contribution in [0.2, 0.25) is 0 Å². The Balaban J connectivity index is 1.47. The van der Waals surface area contributed by atoms with E-state index in [0.717, 1.165) is 12.8 Å². The smallest absolute Gasteiger partial charge is 0.410 e. The second kappa shape index (κ2) is 8.06. The van der Waals surface area contributed by atoms with Gasteiger partial charge in [0.1, 0.15) is 12.2 Å². The highest BCUT2D eigenvalue weighted by Gasteiger charge is 2.30. The summed E-state index contributed by atoms with van der Waals surface area (Å²) in [4.78, 5) is 26.4. The van der Waals surface area contributed by atoms with Crippen LogP contribution < -0.4 is 14.8 Å². The number of amides is 2. The Kier molecular flexibility index (Phi) is 5.77. The number of carbonyl (C=O) groups is 2. The van der Waals surface area contributed by atoms with Crippen LogP contribution in [-0.4, -0.2) is 54.8 Å². The molecule has 2 atom stereocenters. The molecule has 2 unspecified atom stereocenters. The fourth-order valence-electron chi connectivity index (χ4n) is 3.23. The van der Waals surface area contributed by atoms with Gasteiger partial charge in [-0.2, -0.15) is 0 Å². The molecule has 2 aliphatic rings. The number of nitrogens with zero attached hydrogens (tertiary/aromatic N) is 1. The Morgan fingerprint density at radius 2 is 2.00 bits per heavy atom. The fourth-order valence-corrected chi connectivity index (χ4v) is 3.23. The standard InChI is InChI=1S/C20H28N2O5/c1-20(2,3)27-19(24)22-10-6-7-14(12-22)11-21-18(23)17-13-25-15-8-4-5-9-16(15)26-17/h4-5,8-9,14,17H,6-7,10-13H2,1-3H3,(H,21,23). The number of hydrogen-bond acceptors (Lipinski definition) is 5. The SMILES string of the molecule is CC(C)(C)OC(=O)N1CCCC(CNC(=O)C2COc3ccccc3O2)C1. The zero-order valence-electron chi connectivity index (χ0n) is 16.2. The van der Waals surface area contributed by atoms with Crippen molar-refractivity contribution in [2.75, 3.05) is 26.2 Å². The molecule has 2 amide bonds. The van der Waals surface area contributed by atoms with E-state index < -0.39 is 11.7 Å². The fraction of sp³-hybridized carbons (Fsp3) is 0.600. The van der Waals surface area contributed by atoms with Gasteiger partial charge in [-0.25, -0.2) is 4.79 Å². The molecule has 0 bridgehead atoms. The number of para-hydroxylation sites is 2. The van der Waals surface area contributed by atoms with E-state index in [0.29, 0.717) is 31.1 Å². The van der Waals surface area contributed by atoms with Crippen molar-refractivity contribution in [1.29, 1.82) is 0 Å². The molecule has 1 aromatic rings. The molecule has 1 saturated heterocycles. The summed E-state index contributed by atoms with van der Waals surface area (Å²) in [6.07, 6.45) is 0.908. The van der Waals surface area contributed by atoms with Gasteiger partial charge in [-0.05, 0) is 51.7 Å². The minimum atomic E-state index is -0.662. The van der Waals surface area contributed by atoms with Crippen LogP contribution >= 0.6 is 0 Å². The summed E-state index contributed by atoms with van der Waals surface area (Å²) in [7, 11) is 0. The maximum absolute atomic E-state index is 12.4. The van der Waals surface area contributed by atoms with Gasteiger partial charge in [0.05, 0.1) is 0 Å². The summed E-state index contributed by atoms with van der Waals surface area (Å²) in [6.45, 7) is 7.54. The molecule has 7 heteroatoms. The minimum absolute atomic E-state index is 0.192. The molecule has 148 valence electrons. The maximum atomic E-state index is 12.4. The number of nitrogens with one attached hydrogen (secondary N) is 1. The predicted octanol–water partition coefficient (Wildman–Crippen LogP) is 2.59. The predicted molar refractivity (Wildman–Crippen MR) is 99.9 cm³/mol. The molecule has 2 aliphatic heterocycles. The summed E-state index contributed by atoms with van der Waals surface area (Å²) in [5.74, 6) is 1.24. The molecular weight excluding hydrogens is 348 g/mol. The first-order valence-electron chi connectivity index (χ1n) is 9.46. The first kappa shape index (κ1) is 19.3. The maximum Gasteiger partial charge on any atom is 0.410 e. The normalized spacial score (nSPS) is 22.1. The highest BCUT2D eigenvalue weighted by molar-refractivity contribution is 5.81. The first-order valence-corrected chi connectivity index (χ1v) is 9.46. The number of likely N-dealkylation sites (tertiary alicyclic amines) is 1. The van der Waals surface area contributed by atoms with Crippen molar-refractivity contribution in [3.63, 3.8) is 0 Å².